The number of hydrogen-bond donors (Lipinski definition) is 1. The van der Waals surface area contributed by atoms with Crippen LogP contribution in [0.3, 0.4) is 0 Å². The predicted molar refractivity (Wildman–Crippen MR) is 71.3 cm³/mol. The van der Waals surface area contributed by atoms with Gasteiger partial charge in [-0.2, -0.15) is 0 Å². The van der Waals surface area contributed by atoms with Gasteiger partial charge in [0.2, 0.25) is 0 Å². The molecule has 3 nitrogen and oxygen atoms in total. The average molecular weight is 240 g/mol. The Bertz CT molecular complexity index is 208. The molecule has 2 aliphatic heterocycles. The van der Waals surface area contributed by atoms with Crippen molar-refractivity contribution in [3.63, 3.8) is 0 Å². The minimum absolute atomic E-state index is 0.494. The summed E-state index contributed by atoms with van der Waals surface area (Å²) in [5.74, 6) is 0.840. The number of nitrogens with one attached hydrogen (secondary N) is 1. The maximum absolute atomic E-state index is 5.77. The van der Waals surface area contributed by atoms with E-state index in [4.69, 9.17) is 4.74 Å². The monoisotopic (exact) mass is 240 g/mol. The van der Waals surface area contributed by atoms with Gasteiger partial charge < -0.3 is 10.1 Å². The first-order chi connectivity index (χ1) is 8.25. The van der Waals surface area contributed by atoms with E-state index in [1.807, 2.05) is 0 Å². The molecule has 2 saturated heterocycles. The number of rotatable bonds is 5. The summed E-state index contributed by atoms with van der Waals surface area (Å²) in [5.41, 5.74) is 0. The molecule has 0 bridgehead atoms. The van der Waals surface area contributed by atoms with Crippen LogP contribution in [0.5, 0.6) is 0 Å². The van der Waals surface area contributed by atoms with E-state index >= 15 is 0 Å². The molecule has 100 valence electrons. The summed E-state index contributed by atoms with van der Waals surface area (Å²) in [6.45, 7) is 10.4. The van der Waals surface area contributed by atoms with E-state index in [9.17, 15) is 0 Å². The average Bonchev–Trinajstić information content (AvgIpc) is 2.82. The van der Waals surface area contributed by atoms with Gasteiger partial charge in [0.1, 0.15) is 0 Å². The zero-order valence-corrected chi connectivity index (χ0v) is 11.5. The van der Waals surface area contributed by atoms with Crippen LogP contribution in [0.2, 0.25) is 0 Å². The van der Waals surface area contributed by atoms with Crippen molar-refractivity contribution in [1.82, 2.24) is 10.2 Å². The van der Waals surface area contributed by atoms with Gasteiger partial charge in [0.05, 0.1) is 6.10 Å². The normalized spacial score (nSPS) is 30.4. The van der Waals surface area contributed by atoms with Gasteiger partial charge in [0, 0.05) is 25.7 Å². The predicted octanol–water partition coefficient (Wildman–Crippen LogP) is 1.88. The van der Waals surface area contributed by atoms with Crippen molar-refractivity contribution in [2.75, 3.05) is 32.8 Å². The molecule has 0 aromatic heterocycles. The van der Waals surface area contributed by atoms with Crippen molar-refractivity contribution in [3.8, 4) is 0 Å². The molecule has 2 rings (SSSR count). The summed E-state index contributed by atoms with van der Waals surface area (Å²) in [6.07, 6.45) is 5.74. The quantitative estimate of drug-likeness (QED) is 0.794. The lowest BCUT2D eigenvalue weighted by atomic mass is 9.98. The molecule has 0 saturated carbocycles. The molecule has 0 aromatic carbocycles. The van der Waals surface area contributed by atoms with Gasteiger partial charge in [-0.1, -0.05) is 0 Å². The van der Waals surface area contributed by atoms with Gasteiger partial charge in [-0.05, 0) is 58.5 Å². The van der Waals surface area contributed by atoms with E-state index in [1.54, 1.807) is 0 Å². The Morgan fingerprint density at radius 2 is 2.12 bits per heavy atom. The van der Waals surface area contributed by atoms with E-state index in [1.165, 1.54) is 45.3 Å². The molecule has 2 heterocycles. The van der Waals surface area contributed by atoms with Crippen molar-refractivity contribution >= 4 is 0 Å². The van der Waals surface area contributed by atoms with Crippen LogP contribution in [0.1, 0.15) is 39.5 Å². The highest BCUT2D eigenvalue weighted by atomic mass is 16.5. The lowest BCUT2D eigenvalue weighted by Crippen LogP contribution is -2.44. The highest BCUT2D eigenvalue weighted by molar-refractivity contribution is 4.78. The van der Waals surface area contributed by atoms with Crippen LogP contribution in [0, 0.1) is 5.92 Å². The number of piperidine rings is 1. The molecule has 0 radical (unpaired) electrons. The number of ether oxygens (including phenoxy) is 1. The molecule has 0 aromatic rings. The Morgan fingerprint density at radius 3 is 2.71 bits per heavy atom. The molecular formula is C14H28N2O. The molecule has 3 heteroatoms. The minimum Gasteiger partial charge on any atom is -0.377 e. The highest BCUT2D eigenvalue weighted by Crippen LogP contribution is 2.18. The first-order valence-electron chi connectivity index (χ1n) is 7.32. The number of hydrogen-bond acceptors (Lipinski definition) is 3. The second-order valence-corrected chi connectivity index (χ2v) is 5.90. The fraction of sp³-hybridized carbons (Fsp3) is 1.00. The van der Waals surface area contributed by atoms with E-state index in [2.05, 4.69) is 24.1 Å². The zero-order valence-electron chi connectivity index (χ0n) is 11.5. The summed E-state index contributed by atoms with van der Waals surface area (Å²) >= 11 is 0. The van der Waals surface area contributed by atoms with Crippen molar-refractivity contribution in [3.05, 3.63) is 0 Å². The standard InChI is InChI=1S/C14H28N2O/c1-12(2)16(11-14-6-4-8-17-14)10-13-5-3-7-15-9-13/h12-15H,3-11H2,1-2H3. The van der Waals surface area contributed by atoms with Crippen LogP contribution in [0.25, 0.3) is 0 Å². The summed E-state index contributed by atoms with van der Waals surface area (Å²) in [5, 5.41) is 3.51. The van der Waals surface area contributed by atoms with Crippen LogP contribution < -0.4 is 5.32 Å². The van der Waals surface area contributed by atoms with E-state index in [0.29, 0.717) is 12.1 Å². The Kier molecular flexibility index (Phi) is 5.26. The third-order valence-electron chi connectivity index (χ3n) is 4.08. The maximum atomic E-state index is 5.77. The molecular weight excluding hydrogens is 212 g/mol. The van der Waals surface area contributed by atoms with E-state index < -0.39 is 0 Å². The van der Waals surface area contributed by atoms with Crippen molar-refractivity contribution in [1.29, 1.82) is 0 Å². The van der Waals surface area contributed by atoms with Crippen LogP contribution in [0.15, 0.2) is 0 Å². The molecule has 0 amide bonds. The van der Waals surface area contributed by atoms with Crippen molar-refractivity contribution in [2.24, 2.45) is 5.92 Å². The van der Waals surface area contributed by atoms with Gasteiger partial charge in [0.25, 0.3) is 0 Å². The molecule has 2 fully saturated rings. The third kappa shape index (κ3) is 4.23. The fourth-order valence-corrected chi connectivity index (χ4v) is 2.96. The molecule has 1 N–H and O–H groups in total. The highest BCUT2D eigenvalue weighted by Gasteiger charge is 2.23. The van der Waals surface area contributed by atoms with Crippen LogP contribution >= 0.6 is 0 Å². The topological polar surface area (TPSA) is 24.5 Å². The van der Waals surface area contributed by atoms with Gasteiger partial charge >= 0.3 is 0 Å². The SMILES string of the molecule is CC(C)N(CC1CCCNC1)CC1CCCO1. The molecule has 0 aliphatic carbocycles. The fourth-order valence-electron chi connectivity index (χ4n) is 2.96. The van der Waals surface area contributed by atoms with Crippen LogP contribution in [-0.4, -0.2) is 49.8 Å². The summed E-state index contributed by atoms with van der Waals surface area (Å²) < 4.78 is 5.77. The lowest BCUT2D eigenvalue weighted by molar-refractivity contribution is 0.0536. The second kappa shape index (κ2) is 6.72. The smallest absolute Gasteiger partial charge is 0.0702 e. The molecule has 2 atom stereocenters. The Hall–Kier alpha value is -0.120. The molecule has 2 aliphatic rings. The summed E-state index contributed by atoms with van der Waals surface area (Å²) in [4.78, 5) is 2.62. The number of nitrogens with zero attached hydrogens (tertiary/aromatic N) is 1. The molecule has 0 spiro atoms. The van der Waals surface area contributed by atoms with Gasteiger partial charge in [-0.25, -0.2) is 0 Å². The minimum atomic E-state index is 0.494. The Morgan fingerprint density at radius 1 is 1.24 bits per heavy atom. The molecule has 2 unspecified atom stereocenters. The first-order valence-corrected chi connectivity index (χ1v) is 7.32. The van der Waals surface area contributed by atoms with Crippen molar-refractivity contribution in [2.45, 2.75) is 51.7 Å². The molecule has 17 heavy (non-hydrogen) atoms. The largest absolute Gasteiger partial charge is 0.377 e. The first kappa shape index (κ1) is 13.3. The van der Waals surface area contributed by atoms with Crippen LogP contribution in [-0.2, 0) is 4.74 Å². The van der Waals surface area contributed by atoms with Crippen LogP contribution in [0.4, 0.5) is 0 Å². The lowest BCUT2D eigenvalue weighted by Gasteiger charge is -2.34. The van der Waals surface area contributed by atoms with Gasteiger partial charge in [-0.15, -0.1) is 0 Å². The Labute approximate surface area is 106 Å². The second-order valence-electron chi connectivity index (χ2n) is 5.90. The van der Waals surface area contributed by atoms with E-state index in [0.717, 1.165) is 19.1 Å². The van der Waals surface area contributed by atoms with Crippen molar-refractivity contribution < 1.29 is 4.74 Å². The third-order valence-corrected chi connectivity index (χ3v) is 4.08. The summed E-state index contributed by atoms with van der Waals surface area (Å²) in [7, 11) is 0. The summed E-state index contributed by atoms with van der Waals surface area (Å²) in [6, 6.07) is 0.640. The van der Waals surface area contributed by atoms with Gasteiger partial charge in [-0.3, -0.25) is 4.90 Å². The Balaban J connectivity index is 1.78. The van der Waals surface area contributed by atoms with E-state index in [-0.39, 0.29) is 0 Å². The van der Waals surface area contributed by atoms with Gasteiger partial charge in [0.15, 0.2) is 0 Å². The maximum Gasteiger partial charge on any atom is 0.0702 e. The zero-order chi connectivity index (χ0) is 12.1.